The molecule has 1 N–H and O–H groups in total. The van der Waals surface area contributed by atoms with Gasteiger partial charge >= 0.3 is 5.97 Å². The fourth-order valence-corrected chi connectivity index (χ4v) is 2.29. The molecule has 0 heterocycles. The molecule has 0 fully saturated rings. The number of amides is 1. The molecule has 1 amide bonds. The van der Waals surface area contributed by atoms with E-state index in [0.717, 1.165) is 4.90 Å². The Balaban J connectivity index is 3.04. The Labute approximate surface area is 121 Å². The summed E-state index contributed by atoms with van der Waals surface area (Å²) in [6.45, 7) is 1.97. The van der Waals surface area contributed by atoms with Crippen LogP contribution in [0.2, 0.25) is 5.02 Å². The predicted octanol–water partition coefficient (Wildman–Crippen LogP) is 3.00. The quantitative estimate of drug-likeness (QED) is 0.821. The molecule has 0 atom stereocenters. The molecule has 0 unspecified atom stereocenters. The van der Waals surface area contributed by atoms with Crippen LogP contribution in [0.1, 0.15) is 23.7 Å². The molecule has 104 valence electrons. The van der Waals surface area contributed by atoms with E-state index in [-0.39, 0.29) is 12.5 Å². The maximum atomic E-state index is 12.3. The molecule has 0 bridgehead atoms. The zero-order chi connectivity index (χ0) is 14.4. The Hall–Kier alpha value is -1.20. The van der Waals surface area contributed by atoms with Gasteiger partial charge in [-0.15, -0.1) is 11.8 Å². The number of benzene rings is 1. The number of carboxylic acids is 1. The summed E-state index contributed by atoms with van der Waals surface area (Å²) >= 11 is 7.53. The fraction of sp³-hybridized carbons (Fsp3) is 0.385. The average Bonchev–Trinajstić information content (AvgIpc) is 2.37. The lowest BCUT2D eigenvalue weighted by Gasteiger charge is -2.20. The Bertz CT molecular complexity index is 479. The maximum Gasteiger partial charge on any atom is 0.323 e. The summed E-state index contributed by atoms with van der Waals surface area (Å²) in [5.74, 6) is -1.37. The Morgan fingerprint density at radius 2 is 2.11 bits per heavy atom. The molecule has 4 nitrogen and oxygen atoms in total. The van der Waals surface area contributed by atoms with Crippen LogP contribution in [0.25, 0.3) is 0 Å². The minimum Gasteiger partial charge on any atom is -0.480 e. The van der Waals surface area contributed by atoms with Crippen molar-refractivity contribution in [2.75, 3.05) is 19.3 Å². The van der Waals surface area contributed by atoms with Gasteiger partial charge in [-0.25, -0.2) is 0 Å². The monoisotopic (exact) mass is 301 g/mol. The number of thioether (sulfide) groups is 1. The van der Waals surface area contributed by atoms with E-state index >= 15 is 0 Å². The number of carbonyl (C=O) groups excluding carboxylic acids is 1. The van der Waals surface area contributed by atoms with Crippen LogP contribution >= 0.6 is 23.4 Å². The van der Waals surface area contributed by atoms with Crippen LogP contribution in [0.5, 0.6) is 0 Å². The molecular weight excluding hydrogens is 286 g/mol. The molecule has 0 aliphatic carbocycles. The van der Waals surface area contributed by atoms with Crippen LogP contribution in [0.15, 0.2) is 23.1 Å². The first kappa shape index (κ1) is 15.9. The van der Waals surface area contributed by atoms with Gasteiger partial charge in [0.2, 0.25) is 0 Å². The third kappa shape index (κ3) is 4.44. The summed E-state index contributed by atoms with van der Waals surface area (Å²) in [6.07, 6.45) is 2.59. The summed E-state index contributed by atoms with van der Waals surface area (Å²) in [4.78, 5) is 25.3. The minimum absolute atomic E-state index is 0.313. The Morgan fingerprint density at radius 3 is 2.63 bits per heavy atom. The lowest BCUT2D eigenvalue weighted by atomic mass is 10.2. The number of rotatable bonds is 6. The molecule has 1 aromatic rings. The van der Waals surface area contributed by atoms with Crippen molar-refractivity contribution in [3.05, 3.63) is 28.8 Å². The van der Waals surface area contributed by atoms with Crippen LogP contribution in [-0.4, -0.2) is 41.2 Å². The van der Waals surface area contributed by atoms with E-state index in [9.17, 15) is 9.59 Å². The van der Waals surface area contributed by atoms with Crippen LogP contribution in [0.4, 0.5) is 0 Å². The zero-order valence-corrected chi connectivity index (χ0v) is 12.4. The van der Waals surface area contributed by atoms with E-state index < -0.39 is 5.97 Å². The summed E-state index contributed by atoms with van der Waals surface area (Å²) in [5, 5.41) is 9.19. The highest BCUT2D eigenvalue weighted by molar-refractivity contribution is 7.98. The predicted molar refractivity (Wildman–Crippen MR) is 77.1 cm³/mol. The number of nitrogens with zero attached hydrogens (tertiary/aromatic N) is 1. The molecule has 0 aromatic heterocycles. The Kier molecular flexibility index (Phi) is 6.18. The second-order valence-electron chi connectivity index (χ2n) is 3.97. The highest BCUT2D eigenvalue weighted by Gasteiger charge is 2.20. The first-order valence-corrected chi connectivity index (χ1v) is 7.44. The van der Waals surface area contributed by atoms with Crippen molar-refractivity contribution in [3.8, 4) is 0 Å². The van der Waals surface area contributed by atoms with E-state index in [2.05, 4.69) is 0 Å². The average molecular weight is 302 g/mol. The van der Waals surface area contributed by atoms with E-state index in [1.54, 1.807) is 12.1 Å². The van der Waals surface area contributed by atoms with Crippen molar-refractivity contribution in [3.63, 3.8) is 0 Å². The fourth-order valence-electron chi connectivity index (χ4n) is 1.65. The summed E-state index contributed by atoms with van der Waals surface area (Å²) < 4.78 is 0. The lowest BCUT2D eigenvalue weighted by Crippen LogP contribution is -2.36. The van der Waals surface area contributed by atoms with Gasteiger partial charge in [0.1, 0.15) is 6.54 Å². The molecule has 0 saturated carbocycles. The lowest BCUT2D eigenvalue weighted by molar-refractivity contribution is -0.137. The van der Waals surface area contributed by atoms with Crippen LogP contribution in [-0.2, 0) is 4.79 Å². The van der Waals surface area contributed by atoms with E-state index in [0.29, 0.717) is 23.6 Å². The normalized spacial score (nSPS) is 10.3. The zero-order valence-electron chi connectivity index (χ0n) is 10.9. The molecule has 6 heteroatoms. The maximum absolute atomic E-state index is 12.3. The highest BCUT2D eigenvalue weighted by Crippen LogP contribution is 2.24. The van der Waals surface area contributed by atoms with Crippen molar-refractivity contribution in [1.82, 2.24) is 4.90 Å². The smallest absolute Gasteiger partial charge is 0.323 e. The molecule has 0 spiro atoms. The number of carboxylic acid groups (broad SMARTS) is 1. The number of hydrogen-bond donors (Lipinski definition) is 1. The van der Waals surface area contributed by atoms with E-state index in [1.807, 2.05) is 19.2 Å². The van der Waals surface area contributed by atoms with Crippen LogP contribution in [0, 0.1) is 0 Å². The largest absolute Gasteiger partial charge is 0.480 e. The first-order valence-electron chi connectivity index (χ1n) is 5.84. The number of aliphatic carboxylic acids is 1. The minimum atomic E-state index is -1.03. The third-order valence-corrected chi connectivity index (χ3v) is 3.57. The molecule has 19 heavy (non-hydrogen) atoms. The van der Waals surface area contributed by atoms with Crippen molar-refractivity contribution >= 4 is 35.2 Å². The second kappa shape index (κ2) is 7.40. The van der Waals surface area contributed by atoms with Gasteiger partial charge in [0.25, 0.3) is 5.91 Å². The standard InChI is InChI=1S/C13H16ClNO3S/c1-3-6-15(8-12(16)17)13(18)10-7-9(19-2)4-5-11(10)14/h4-5,7H,3,6,8H2,1-2H3,(H,16,17). The van der Waals surface area contributed by atoms with Gasteiger partial charge in [0.05, 0.1) is 10.6 Å². The first-order chi connectivity index (χ1) is 8.99. The van der Waals surface area contributed by atoms with Crippen molar-refractivity contribution in [2.24, 2.45) is 0 Å². The Morgan fingerprint density at radius 1 is 1.42 bits per heavy atom. The van der Waals surface area contributed by atoms with Gasteiger partial charge < -0.3 is 10.0 Å². The number of hydrogen-bond acceptors (Lipinski definition) is 3. The molecule has 1 aromatic carbocycles. The van der Waals surface area contributed by atoms with Crippen molar-refractivity contribution in [2.45, 2.75) is 18.2 Å². The molecular formula is C13H16ClNO3S. The third-order valence-electron chi connectivity index (χ3n) is 2.51. The van der Waals surface area contributed by atoms with Crippen LogP contribution in [0.3, 0.4) is 0 Å². The van der Waals surface area contributed by atoms with Gasteiger partial charge in [-0.1, -0.05) is 18.5 Å². The van der Waals surface area contributed by atoms with Crippen LogP contribution < -0.4 is 0 Å². The second-order valence-corrected chi connectivity index (χ2v) is 5.25. The molecule has 0 aliphatic heterocycles. The number of carbonyl (C=O) groups is 2. The summed E-state index contributed by atoms with van der Waals surface area (Å²) in [5.41, 5.74) is 0.350. The van der Waals surface area contributed by atoms with E-state index in [4.69, 9.17) is 16.7 Å². The summed E-state index contributed by atoms with van der Waals surface area (Å²) in [7, 11) is 0. The highest BCUT2D eigenvalue weighted by atomic mass is 35.5. The van der Waals surface area contributed by atoms with Gasteiger partial charge in [0.15, 0.2) is 0 Å². The summed E-state index contributed by atoms with van der Waals surface area (Å²) in [6, 6.07) is 5.18. The molecule has 0 radical (unpaired) electrons. The number of halogens is 1. The molecule has 1 rings (SSSR count). The van der Waals surface area contributed by atoms with Gasteiger partial charge in [-0.3, -0.25) is 9.59 Å². The van der Waals surface area contributed by atoms with Crippen molar-refractivity contribution in [1.29, 1.82) is 0 Å². The van der Waals surface area contributed by atoms with Crippen molar-refractivity contribution < 1.29 is 14.7 Å². The van der Waals surface area contributed by atoms with Gasteiger partial charge in [0, 0.05) is 11.4 Å². The molecule has 0 saturated heterocycles. The van der Waals surface area contributed by atoms with Gasteiger partial charge in [-0.2, -0.15) is 0 Å². The topological polar surface area (TPSA) is 57.6 Å². The molecule has 0 aliphatic rings. The van der Waals surface area contributed by atoms with Gasteiger partial charge in [-0.05, 0) is 30.9 Å². The SMILES string of the molecule is CCCN(CC(=O)O)C(=O)c1cc(SC)ccc1Cl. The van der Waals surface area contributed by atoms with E-state index in [1.165, 1.54) is 16.7 Å².